The summed E-state index contributed by atoms with van der Waals surface area (Å²) >= 11 is 0. The van der Waals surface area contributed by atoms with Crippen molar-refractivity contribution >= 4 is 21.8 Å². The molecule has 0 aliphatic rings. The van der Waals surface area contributed by atoms with Crippen molar-refractivity contribution in [3.05, 3.63) is 181 Å². The molecule has 4 heteroatoms. The maximum absolute atomic E-state index is 4.99. The lowest BCUT2D eigenvalue weighted by atomic mass is 10.0. The maximum atomic E-state index is 4.99. The van der Waals surface area contributed by atoms with Gasteiger partial charge in [-0.2, -0.15) is 0 Å². The summed E-state index contributed by atoms with van der Waals surface area (Å²) in [5, 5.41) is 2.53. The Morgan fingerprint density at radius 1 is 0.340 bits per heavy atom. The zero-order valence-corrected chi connectivity index (χ0v) is 27.5. The van der Waals surface area contributed by atoms with Crippen LogP contribution in [0.25, 0.3) is 83.9 Å². The largest absolute Gasteiger partial charge is 0.309 e. The molecule has 0 radical (unpaired) electrons. The Hall–Kier alpha value is -6.65. The molecule has 2 heterocycles. The van der Waals surface area contributed by atoms with Gasteiger partial charge in [0.2, 0.25) is 0 Å². The molecule has 7 aromatic carbocycles. The number of nitrogens with zero attached hydrogens (tertiary/aromatic N) is 4. The third-order valence-electron chi connectivity index (χ3n) is 9.34. The van der Waals surface area contributed by atoms with E-state index in [1.165, 1.54) is 27.4 Å². The van der Waals surface area contributed by atoms with Crippen LogP contribution in [0.1, 0.15) is 5.56 Å². The van der Waals surface area contributed by atoms with E-state index < -0.39 is 0 Å². The lowest BCUT2D eigenvalue weighted by Gasteiger charge is -2.11. The summed E-state index contributed by atoms with van der Waals surface area (Å²) in [6, 6.07) is 61.7. The van der Waals surface area contributed by atoms with Gasteiger partial charge in [0.25, 0.3) is 0 Å². The van der Waals surface area contributed by atoms with Crippen LogP contribution in [0.5, 0.6) is 0 Å². The van der Waals surface area contributed by atoms with Gasteiger partial charge in [-0.3, -0.25) is 0 Å². The van der Waals surface area contributed by atoms with E-state index >= 15 is 0 Å². The third kappa shape index (κ3) is 5.43. The van der Waals surface area contributed by atoms with Crippen molar-refractivity contribution in [1.29, 1.82) is 0 Å². The Labute approximate surface area is 291 Å². The van der Waals surface area contributed by atoms with E-state index in [2.05, 4.69) is 175 Å². The first kappa shape index (κ1) is 29.5. The second kappa shape index (κ2) is 12.4. The van der Waals surface area contributed by atoms with E-state index in [1.807, 2.05) is 12.1 Å². The number of aromatic nitrogens is 4. The molecular weight excluding hydrogens is 609 g/mol. The minimum Gasteiger partial charge on any atom is -0.309 e. The van der Waals surface area contributed by atoms with Crippen LogP contribution in [0.15, 0.2) is 176 Å². The zero-order chi connectivity index (χ0) is 33.4. The Kier molecular flexibility index (Phi) is 7.33. The SMILES string of the molecule is Cc1cccc(-c2nc(-c3ccc(-c4ccccc4)cc3)nc(-c3ccc(-c4ccc(-n5c6ccccc6c6ccccc65)cc4)cc3)n2)c1. The van der Waals surface area contributed by atoms with Crippen LogP contribution in [0.2, 0.25) is 0 Å². The van der Waals surface area contributed by atoms with E-state index in [0.717, 1.165) is 44.6 Å². The second-order valence-electron chi connectivity index (χ2n) is 12.6. The molecule has 9 aromatic rings. The van der Waals surface area contributed by atoms with E-state index in [4.69, 9.17) is 15.0 Å². The number of hydrogen-bond donors (Lipinski definition) is 0. The highest BCUT2D eigenvalue weighted by Gasteiger charge is 2.14. The number of aryl methyl sites for hydroxylation is 1. The van der Waals surface area contributed by atoms with Crippen LogP contribution in [0.4, 0.5) is 0 Å². The molecule has 2 aromatic heterocycles. The second-order valence-corrected chi connectivity index (χ2v) is 12.6. The van der Waals surface area contributed by atoms with Crippen molar-refractivity contribution in [3.8, 4) is 62.1 Å². The fraction of sp³-hybridized carbons (Fsp3) is 0.0217. The summed E-state index contributed by atoms with van der Waals surface area (Å²) in [4.78, 5) is 14.9. The van der Waals surface area contributed by atoms with Gasteiger partial charge in [0.1, 0.15) is 0 Å². The first-order valence-corrected chi connectivity index (χ1v) is 16.9. The Balaban J connectivity index is 1.06. The number of para-hydroxylation sites is 2. The Morgan fingerprint density at radius 3 is 1.26 bits per heavy atom. The van der Waals surface area contributed by atoms with E-state index in [-0.39, 0.29) is 0 Å². The lowest BCUT2D eigenvalue weighted by molar-refractivity contribution is 1.07. The highest BCUT2D eigenvalue weighted by Crippen LogP contribution is 2.33. The molecule has 0 aliphatic carbocycles. The number of rotatable bonds is 6. The van der Waals surface area contributed by atoms with Crippen molar-refractivity contribution in [2.75, 3.05) is 0 Å². The molecule has 0 aliphatic heterocycles. The molecule has 9 rings (SSSR count). The van der Waals surface area contributed by atoms with Crippen molar-refractivity contribution in [3.63, 3.8) is 0 Å². The molecule has 0 saturated heterocycles. The minimum atomic E-state index is 0.645. The van der Waals surface area contributed by atoms with E-state index in [1.54, 1.807) is 0 Å². The Bertz CT molecular complexity index is 2570. The maximum Gasteiger partial charge on any atom is 0.164 e. The van der Waals surface area contributed by atoms with Crippen LogP contribution < -0.4 is 0 Å². The average molecular weight is 641 g/mol. The number of hydrogen-bond acceptors (Lipinski definition) is 3. The molecule has 50 heavy (non-hydrogen) atoms. The van der Waals surface area contributed by atoms with E-state index in [9.17, 15) is 0 Å². The summed E-state index contributed by atoms with van der Waals surface area (Å²) in [7, 11) is 0. The standard InChI is InChI=1S/C46H32N4/c1-31-10-9-13-38(30-31)46-48-44(36-22-18-33(19-23-36)32-11-3-2-4-12-32)47-45(49-46)37-24-20-34(21-25-37)35-26-28-39(29-27-35)50-42-16-7-5-14-40(42)41-15-6-8-17-43(41)50/h2-30H,1H3. The van der Waals surface area contributed by atoms with Gasteiger partial charge in [0.05, 0.1) is 11.0 Å². The normalized spacial score (nSPS) is 11.3. The summed E-state index contributed by atoms with van der Waals surface area (Å²) < 4.78 is 2.34. The topological polar surface area (TPSA) is 43.6 Å². The minimum absolute atomic E-state index is 0.645. The lowest BCUT2D eigenvalue weighted by Crippen LogP contribution is -2.00. The van der Waals surface area contributed by atoms with Crippen LogP contribution in [0.3, 0.4) is 0 Å². The first-order chi connectivity index (χ1) is 24.7. The van der Waals surface area contributed by atoms with Crippen LogP contribution in [-0.4, -0.2) is 19.5 Å². The van der Waals surface area contributed by atoms with Crippen molar-refractivity contribution in [2.45, 2.75) is 6.92 Å². The van der Waals surface area contributed by atoms with Crippen LogP contribution in [-0.2, 0) is 0 Å². The van der Waals surface area contributed by atoms with Gasteiger partial charge >= 0.3 is 0 Å². The summed E-state index contributed by atoms with van der Waals surface area (Å²) in [5.74, 6) is 1.95. The molecule has 0 unspecified atom stereocenters. The molecular formula is C46H32N4. The smallest absolute Gasteiger partial charge is 0.164 e. The van der Waals surface area contributed by atoms with Crippen molar-refractivity contribution < 1.29 is 0 Å². The molecule has 0 fully saturated rings. The number of benzene rings is 7. The molecule has 0 spiro atoms. The molecule has 0 amide bonds. The monoisotopic (exact) mass is 640 g/mol. The summed E-state index contributed by atoms with van der Waals surface area (Å²) in [6.07, 6.45) is 0. The quantitative estimate of drug-likeness (QED) is 0.182. The third-order valence-corrected chi connectivity index (χ3v) is 9.34. The van der Waals surface area contributed by atoms with Gasteiger partial charge in [-0.05, 0) is 59.5 Å². The van der Waals surface area contributed by atoms with Gasteiger partial charge < -0.3 is 4.57 Å². The molecule has 0 atom stereocenters. The first-order valence-electron chi connectivity index (χ1n) is 16.9. The summed E-state index contributed by atoms with van der Waals surface area (Å²) in [5.41, 5.74) is 12.2. The fourth-order valence-electron chi connectivity index (χ4n) is 6.81. The predicted octanol–water partition coefficient (Wildman–Crippen LogP) is 11.6. The van der Waals surface area contributed by atoms with Gasteiger partial charge in [0.15, 0.2) is 17.5 Å². The highest BCUT2D eigenvalue weighted by molar-refractivity contribution is 6.09. The highest BCUT2D eigenvalue weighted by atomic mass is 15.0. The van der Waals surface area contributed by atoms with Gasteiger partial charge in [-0.15, -0.1) is 0 Å². The molecule has 4 nitrogen and oxygen atoms in total. The predicted molar refractivity (Wildman–Crippen MR) is 206 cm³/mol. The van der Waals surface area contributed by atoms with Crippen LogP contribution in [0, 0.1) is 6.92 Å². The van der Waals surface area contributed by atoms with Crippen LogP contribution >= 0.6 is 0 Å². The summed E-state index contributed by atoms with van der Waals surface area (Å²) in [6.45, 7) is 2.09. The van der Waals surface area contributed by atoms with Crippen molar-refractivity contribution in [2.24, 2.45) is 0 Å². The van der Waals surface area contributed by atoms with Crippen molar-refractivity contribution in [1.82, 2.24) is 19.5 Å². The number of fused-ring (bicyclic) bond motifs is 3. The zero-order valence-electron chi connectivity index (χ0n) is 27.5. The molecule has 0 N–H and O–H groups in total. The molecule has 0 bridgehead atoms. The van der Waals surface area contributed by atoms with E-state index in [0.29, 0.717) is 17.5 Å². The van der Waals surface area contributed by atoms with Gasteiger partial charge in [-0.1, -0.05) is 151 Å². The fourth-order valence-corrected chi connectivity index (χ4v) is 6.81. The van der Waals surface area contributed by atoms with Gasteiger partial charge in [0, 0.05) is 33.2 Å². The average Bonchev–Trinajstić information content (AvgIpc) is 3.53. The van der Waals surface area contributed by atoms with Gasteiger partial charge in [-0.25, -0.2) is 15.0 Å². The molecule has 0 saturated carbocycles. The molecule has 236 valence electrons. The Morgan fingerprint density at radius 2 is 0.740 bits per heavy atom.